The van der Waals surface area contributed by atoms with Crippen LogP contribution >= 0.6 is 0 Å². The lowest BCUT2D eigenvalue weighted by atomic mass is 9.90. The summed E-state index contributed by atoms with van der Waals surface area (Å²) in [6.07, 6.45) is 2.95. The number of rotatable bonds is 6. The number of carbonyl (C=O) groups excluding carboxylic acids is 1. The van der Waals surface area contributed by atoms with E-state index in [1.807, 2.05) is 73.7 Å². The Morgan fingerprint density at radius 1 is 0.950 bits per heavy atom. The average Bonchev–Trinajstić information content (AvgIpc) is 3.40. The lowest BCUT2D eigenvalue weighted by Gasteiger charge is -2.22. The van der Waals surface area contributed by atoms with E-state index < -0.39 is 17.9 Å². The number of H-pyrrole nitrogens is 1. The Morgan fingerprint density at radius 2 is 1.70 bits per heavy atom. The number of fused-ring (bicyclic) bond motifs is 2. The number of carbonyl (C=O) groups is 2. The minimum absolute atomic E-state index is 0.213. The number of pyridine rings is 1. The summed E-state index contributed by atoms with van der Waals surface area (Å²) in [5.74, 6) is -1.50. The van der Waals surface area contributed by atoms with Crippen LogP contribution < -0.4 is 5.56 Å². The number of hydrazone groups is 1. The number of carboxylic acids is 1. The van der Waals surface area contributed by atoms with Crippen LogP contribution in [0, 0.1) is 6.92 Å². The van der Waals surface area contributed by atoms with Crippen LogP contribution in [0.25, 0.3) is 33.1 Å². The molecule has 0 fully saturated rings. The summed E-state index contributed by atoms with van der Waals surface area (Å²) >= 11 is 0. The summed E-state index contributed by atoms with van der Waals surface area (Å²) in [4.78, 5) is 49.9. The maximum Gasteiger partial charge on any atom is 0.303 e. The minimum Gasteiger partial charge on any atom is -0.481 e. The number of aryl methyl sites for hydroxylation is 1. The van der Waals surface area contributed by atoms with Crippen molar-refractivity contribution in [1.29, 1.82) is 0 Å². The van der Waals surface area contributed by atoms with Gasteiger partial charge >= 0.3 is 5.97 Å². The lowest BCUT2D eigenvalue weighted by molar-refractivity contribution is -0.141. The average molecular weight is 532 g/mol. The van der Waals surface area contributed by atoms with Gasteiger partial charge in [0, 0.05) is 41.7 Å². The smallest absolute Gasteiger partial charge is 0.303 e. The molecule has 2 aromatic heterocycles. The molecule has 0 spiro atoms. The number of para-hydroxylation sites is 1. The van der Waals surface area contributed by atoms with E-state index >= 15 is 0 Å². The second-order valence-electron chi connectivity index (χ2n) is 9.82. The Hall–Kier alpha value is -5.18. The minimum atomic E-state index is -1.07. The van der Waals surface area contributed by atoms with E-state index in [1.165, 1.54) is 5.01 Å². The molecule has 1 atom stereocenters. The van der Waals surface area contributed by atoms with Crippen molar-refractivity contribution in [2.24, 2.45) is 5.10 Å². The number of hydrogen-bond acceptors (Lipinski definition) is 6. The van der Waals surface area contributed by atoms with Crippen molar-refractivity contribution in [1.82, 2.24) is 20.0 Å². The maximum atomic E-state index is 13.7. The number of nitrogens with one attached hydrogen (secondary N) is 1. The summed E-state index contributed by atoms with van der Waals surface area (Å²) in [5.41, 5.74) is 6.06. The van der Waals surface area contributed by atoms with E-state index in [0.29, 0.717) is 27.8 Å². The molecule has 2 N–H and O–H groups in total. The fraction of sp³-hybridized carbons (Fsp3) is 0.161. The maximum absolute atomic E-state index is 13.7. The quantitative estimate of drug-likeness (QED) is 0.318. The highest BCUT2D eigenvalue weighted by molar-refractivity contribution is 6.13. The van der Waals surface area contributed by atoms with E-state index in [-0.39, 0.29) is 24.8 Å². The normalized spacial score (nSPS) is 15.0. The Balaban J connectivity index is 1.52. The third kappa shape index (κ3) is 4.62. The van der Waals surface area contributed by atoms with Gasteiger partial charge in [0.25, 0.3) is 5.56 Å². The summed E-state index contributed by atoms with van der Waals surface area (Å²) in [6.45, 7) is 2.00. The van der Waals surface area contributed by atoms with Crippen LogP contribution in [-0.4, -0.2) is 42.7 Å². The fourth-order valence-electron chi connectivity index (χ4n) is 5.21. The fourth-order valence-corrected chi connectivity index (χ4v) is 5.21. The van der Waals surface area contributed by atoms with Gasteiger partial charge in [-0.25, -0.2) is 5.01 Å². The molecule has 0 bridgehead atoms. The number of aliphatic carboxylic acids is 1. The Kier molecular flexibility index (Phi) is 6.39. The Labute approximate surface area is 228 Å². The van der Waals surface area contributed by atoms with Gasteiger partial charge in [-0.05, 0) is 36.2 Å². The SMILES string of the molecule is Cc1ccc(-c2c(C3=NN(C(=O)CCC(=O)O)[C@@H](c4ccc5nccnc5c4)C3)c(=O)[nH]c3ccccc23)cc1. The first-order valence-electron chi connectivity index (χ1n) is 12.9. The van der Waals surface area contributed by atoms with Gasteiger partial charge in [0.1, 0.15) is 0 Å². The van der Waals surface area contributed by atoms with Gasteiger partial charge in [0.15, 0.2) is 0 Å². The monoisotopic (exact) mass is 531 g/mol. The molecule has 0 saturated carbocycles. The second kappa shape index (κ2) is 10.2. The predicted octanol–water partition coefficient (Wildman–Crippen LogP) is 4.99. The van der Waals surface area contributed by atoms with Gasteiger partial charge in [-0.15, -0.1) is 0 Å². The Morgan fingerprint density at radius 3 is 2.48 bits per heavy atom. The summed E-state index contributed by atoms with van der Waals surface area (Å²) in [6, 6.07) is 20.5. The van der Waals surface area contributed by atoms with Gasteiger partial charge in [0.2, 0.25) is 5.91 Å². The van der Waals surface area contributed by atoms with E-state index in [2.05, 4.69) is 15.0 Å². The zero-order valence-corrected chi connectivity index (χ0v) is 21.7. The summed E-state index contributed by atoms with van der Waals surface area (Å²) < 4.78 is 0. The van der Waals surface area contributed by atoms with Crippen molar-refractivity contribution >= 4 is 39.5 Å². The summed E-state index contributed by atoms with van der Waals surface area (Å²) in [7, 11) is 0. The van der Waals surface area contributed by atoms with Gasteiger partial charge in [-0.2, -0.15) is 5.10 Å². The first-order chi connectivity index (χ1) is 19.4. The largest absolute Gasteiger partial charge is 0.481 e. The Bertz CT molecular complexity index is 1880. The number of amides is 1. The topological polar surface area (TPSA) is 129 Å². The predicted molar refractivity (Wildman–Crippen MR) is 152 cm³/mol. The van der Waals surface area contributed by atoms with E-state index in [9.17, 15) is 19.5 Å². The number of aromatic amines is 1. The molecule has 0 unspecified atom stereocenters. The molecule has 1 amide bonds. The van der Waals surface area contributed by atoms with Crippen LogP contribution in [0.1, 0.15) is 42.0 Å². The van der Waals surface area contributed by atoms with E-state index in [0.717, 1.165) is 27.6 Å². The molecule has 5 aromatic rings. The second-order valence-corrected chi connectivity index (χ2v) is 9.82. The van der Waals surface area contributed by atoms with Crippen molar-refractivity contribution in [3.63, 3.8) is 0 Å². The van der Waals surface area contributed by atoms with Crippen LogP contribution in [0.3, 0.4) is 0 Å². The molecule has 0 saturated heterocycles. The summed E-state index contributed by atoms with van der Waals surface area (Å²) in [5, 5.41) is 16.1. The van der Waals surface area contributed by atoms with Crippen molar-refractivity contribution in [3.05, 3.63) is 106 Å². The highest BCUT2D eigenvalue weighted by atomic mass is 16.4. The number of nitrogens with zero attached hydrogens (tertiary/aromatic N) is 4. The third-order valence-electron chi connectivity index (χ3n) is 7.15. The number of hydrogen-bond donors (Lipinski definition) is 2. The molecular formula is C31H25N5O4. The molecule has 198 valence electrons. The van der Waals surface area contributed by atoms with Gasteiger partial charge in [0.05, 0.1) is 34.8 Å². The zero-order valence-electron chi connectivity index (χ0n) is 21.7. The molecule has 0 radical (unpaired) electrons. The van der Waals surface area contributed by atoms with Crippen molar-refractivity contribution in [2.45, 2.75) is 32.2 Å². The van der Waals surface area contributed by atoms with Gasteiger partial charge in [-0.3, -0.25) is 24.4 Å². The number of carboxylic acid groups (broad SMARTS) is 1. The molecule has 0 aliphatic carbocycles. The van der Waals surface area contributed by atoms with Crippen LogP contribution in [0.2, 0.25) is 0 Å². The third-order valence-corrected chi connectivity index (χ3v) is 7.15. The van der Waals surface area contributed by atoms with Crippen molar-refractivity contribution in [3.8, 4) is 11.1 Å². The van der Waals surface area contributed by atoms with Gasteiger partial charge < -0.3 is 10.1 Å². The molecule has 1 aliphatic rings. The van der Waals surface area contributed by atoms with Crippen LogP contribution in [0.5, 0.6) is 0 Å². The molecule has 40 heavy (non-hydrogen) atoms. The lowest BCUT2D eigenvalue weighted by Crippen LogP contribution is -2.27. The molecule has 3 heterocycles. The van der Waals surface area contributed by atoms with E-state index in [4.69, 9.17) is 5.10 Å². The molecular weight excluding hydrogens is 506 g/mol. The standard InChI is InChI=1S/C31H25N5O4/c1-18-6-8-19(9-7-18)29-21-4-2-3-5-22(21)34-31(40)30(29)25-17-26(36(35-25)27(37)12-13-28(38)39)20-10-11-23-24(16-20)33-15-14-32-23/h2-11,14-16,26H,12-13,17H2,1H3,(H,34,40)(H,38,39)/t26-/m1/s1. The van der Waals surface area contributed by atoms with Crippen molar-refractivity contribution < 1.29 is 14.7 Å². The molecule has 6 rings (SSSR count). The number of benzene rings is 3. The highest BCUT2D eigenvalue weighted by Gasteiger charge is 2.35. The number of aromatic nitrogens is 3. The van der Waals surface area contributed by atoms with Crippen LogP contribution in [-0.2, 0) is 9.59 Å². The van der Waals surface area contributed by atoms with Crippen molar-refractivity contribution in [2.75, 3.05) is 0 Å². The van der Waals surface area contributed by atoms with Gasteiger partial charge in [-0.1, -0.05) is 54.1 Å². The molecule has 3 aromatic carbocycles. The molecule has 1 aliphatic heterocycles. The first kappa shape index (κ1) is 25.1. The zero-order chi connectivity index (χ0) is 27.8. The highest BCUT2D eigenvalue weighted by Crippen LogP contribution is 2.37. The molecule has 9 nitrogen and oxygen atoms in total. The van der Waals surface area contributed by atoms with Crippen LogP contribution in [0.15, 0.2) is 89.0 Å². The first-order valence-corrected chi connectivity index (χ1v) is 12.9. The van der Waals surface area contributed by atoms with Crippen LogP contribution in [0.4, 0.5) is 0 Å². The van der Waals surface area contributed by atoms with E-state index in [1.54, 1.807) is 12.4 Å². The molecule has 9 heteroatoms.